The van der Waals surface area contributed by atoms with Crippen LogP contribution in [0.2, 0.25) is 0 Å². The van der Waals surface area contributed by atoms with Crippen LogP contribution in [0.3, 0.4) is 0 Å². The molecule has 0 fully saturated rings. The first-order valence-corrected chi connectivity index (χ1v) is 4.95. The number of nitrogens with two attached hydrogens (primary N) is 1. The average molecular weight is 257 g/mol. The zero-order valence-electron chi connectivity index (χ0n) is 7.29. The second-order valence-corrected chi connectivity index (χ2v) is 3.96. The molecule has 0 radical (unpaired) electrons. The topological polar surface area (TPSA) is 64.3 Å². The fraction of sp³-hybridized carbons (Fsp3) is 0.222. The molecule has 1 aliphatic rings. The molecule has 0 spiro atoms. The summed E-state index contributed by atoms with van der Waals surface area (Å²) in [5.41, 5.74) is 6.21. The lowest BCUT2D eigenvalue weighted by Crippen LogP contribution is -2.38. The number of anilines is 1. The molecule has 0 unspecified atom stereocenters. The van der Waals surface area contributed by atoms with Crippen LogP contribution in [0.15, 0.2) is 22.7 Å². The van der Waals surface area contributed by atoms with E-state index in [0.29, 0.717) is 11.4 Å². The molecule has 4 nitrogen and oxygen atoms in total. The van der Waals surface area contributed by atoms with Gasteiger partial charge >= 0.3 is 0 Å². The summed E-state index contributed by atoms with van der Waals surface area (Å²) in [6.45, 7) is 0.204. The molecule has 3 N–H and O–H groups in total. The van der Waals surface area contributed by atoms with Gasteiger partial charge < -0.3 is 15.8 Å². The van der Waals surface area contributed by atoms with Gasteiger partial charge in [-0.25, -0.2) is 0 Å². The fourth-order valence-corrected chi connectivity index (χ4v) is 1.54. The Morgan fingerprint density at radius 3 is 3.14 bits per heavy atom. The molecule has 2 rings (SSSR count). The van der Waals surface area contributed by atoms with Crippen molar-refractivity contribution in [2.45, 2.75) is 6.04 Å². The minimum atomic E-state index is -0.610. The summed E-state index contributed by atoms with van der Waals surface area (Å²) in [6, 6.07) is 4.80. The highest BCUT2D eigenvalue weighted by atomic mass is 79.9. The summed E-state index contributed by atoms with van der Waals surface area (Å²) in [7, 11) is 0. The lowest BCUT2D eigenvalue weighted by molar-refractivity contribution is -0.117. The van der Waals surface area contributed by atoms with E-state index < -0.39 is 6.04 Å². The molecule has 0 aromatic heterocycles. The minimum absolute atomic E-state index is 0.204. The van der Waals surface area contributed by atoms with E-state index in [4.69, 9.17) is 10.5 Å². The number of benzene rings is 1. The highest BCUT2D eigenvalue weighted by molar-refractivity contribution is 9.10. The molecule has 1 atom stereocenters. The smallest absolute Gasteiger partial charge is 0.244 e. The van der Waals surface area contributed by atoms with Gasteiger partial charge in [0, 0.05) is 4.47 Å². The van der Waals surface area contributed by atoms with Crippen molar-refractivity contribution in [3.63, 3.8) is 0 Å². The van der Waals surface area contributed by atoms with Gasteiger partial charge in [0.05, 0.1) is 5.69 Å². The molecule has 1 heterocycles. The number of rotatable bonds is 0. The molecule has 1 aromatic carbocycles. The van der Waals surface area contributed by atoms with E-state index in [9.17, 15) is 4.79 Å². The van der Waals surface area contributed by atoms with Crippen molar-refractivity contribution in [1.82, 2.24) is 0 Å². The highest BCUT2D eigenvalue weighted by Crippen LogP contribution is 2.29. The van der Waals surface area contributed by atoms with E-state index in [1.165, 1.54) is 0 Å². The fourth-order valence-electron chi connectivity index (χ4n) is 1.20. The second-order valence-electron chi connectivity index (χ2n) is 3.05. The Bertz CT molecular complexity index is 381. The molecule has 0 saturated carbocycles. The molecule has 5 heteroatoms. The van der Waals surface area contributed by atoms with Crippen LogP contribution in [0.25, 0.3) is 0 Å². The third kappa shape index (κ3) is 1.73. The highest BCUT2D eigenvalue weighted by Gasteiger charge is 2.20. The Morgan fingerprint density at radius 2 is 2.36 bits per heavy atom. The first kappa shape index (κ1) is 9.48. The lowest BCUT2D eigenvalue weighted by Gasteiger charge is -2.06. The number of halogens is 1. The maximum absolute atomic E-state index is 11.3. The van der Waals surface area contributed by atoms with Gasteiger partial charge in [-0.2, -0.15) is 0 Å². The average Bonchev–Trinajstić information content (AvgIpc) is 2.29. The third-order valence-corrected chi connectivity index (χ3v) is 2.45. The van der Waals surface area contributed by atoms with Gasteiger partial charge in [0.25, 0.3) is 0 Å². The van der Waals surface area contributed by atoms with Crippen LogP contribution in [0.5, 0.6) is 5.75 Å². The molecular weight excluding hydrogens is 248 g/mol. The Hall–Kier alpha value is -1.07. The molecular formula is C9H9BrN2O2. The SMILES string of the molecule is N[C@@H]1COc2cc(Br)ccc2NC1=O. The zero-order chi connectivity index (χ0) is 10.1. The quantitative estimate of drug-likeness (QED) is 0.731. The van der Waals surface area contributed by atoms with Gasteiger partial charge in [-0.1, -0.05) is 15.9 Å². The maximum atomic E-state index is 11.3. The molecule has 1 aromatic rings. The number of hydrogen-bond donors (Lipinski definition) is 2. The molecule has 0 saturated heterocycles. The largest absolute Gasteiger partial charge is 0.489 e. The molecule has 1 amide bonds. The predicted octanol–water partition coefficient (Wildman–Crippen LogP) is 1.11. The number of hydrogen-bond acceptors (Lipinski definition) is 3. The number of carbonyl (C=O) groups excluding carboxylic acids is 1. The van der Waals surface area contributed by atoms with Gasteiger partial charge in [0.1, 0.15) is 18.4 Å². The molecule has 74 valence electrons. The normalized spacial score (nSPS) is 20.4. The van der Waals surface area contributed by atoms with Gasteiger partial charge in [-0.3, -0.25) is 4.79 Å². The van der Waals surface area contributed by atoms with E-state index in [1.807, 2.05) is 6.07 Å². The first-order valence-electron chi connectivity index (χ1n) is 4.15. The van der Waals surface area contributed by atoms with Crippen molar-refractivity contribution in [2.75, 3.05) is 11.9 Å². The van der Waals surface area contributed by atoms with Gasteiger partial charge in [0.15, 0.2) is 0 Å². The summed E-state index contributed by atoms with van der Waals surface area (Å²) in [6.07, 6.45) is 0. The van der Waals surface area contributed by atoms with Crippen molar-refractivity contribution in [3.8, 4) is 5.75 Å². The molecule has 0 bridgehead atoms. The van der Waals surface area contributed by atoms with Crippen LogP contribution < -0.4 is 15.8 Å². The van der Waals surface area contributed by atoms with Crippen LogP contribution in [-0.2, 0) is 4.79 Å². The molecule has 1 aliphatic heterocycles. The van der Waals surface area contributed by atoms with E-state index in [0.717, 1.165) is 4.47 Å². The van der Waals surface area contributed by atoms with E-state index >= 15 is 0 Å². The van der Waals surface area contributed by atoms with Crippen molar-refractivity contribution in [3.05, 3.63) is 22.7 Å². The number of amides is 1. The van der Waals surface area contributed by atoms with Crippen LogP contribution in [0, 0.1) is 0 Å². The monoisotopic (exact) mass is 256 g/mol. The van der Waals surface area contributed by atoms with Crippen LogP contribution in [0.1, 0.15) is 0 Å². The number of carbonyl (C=O) groups is 1. The summed E-state index contributed by atoms with van der Waals surface area (Å²) in [5, 5.41) is 2.69. The standard InChI is InChI=1S/C9H9BrN2O2/c10-5-1-2-7-8(3-5)14-4-6(11)9(13)12-7/h1-3,6H,4,11H2,(H,12,13)/t6-/m1/s1. The summed E-state index contributed by atoms with van der Waals surface area (Å²) in [4.78, 5) is 11.3. The van der Waals surface area contributed by atoms with Crippen LogP contribution >= 0.6 is 15.9 Å². The van der Waals surface area contributed by atoms with E-state index in [2.05, 4.69) is 21.2 Å². The predicted molar refractivity (Wildman–Crippen MR) is 56.2 cm³/mol. The summed E-state index contributed by atoms with van der Waals surface area (Å²) >= 11 is 3.32. The van der Waals surface area contributed by atoms with Crippen molar-refractivity contribution in [1.29, 1.82) is 0 Å². The Kier molecular flexibility index (Phi) is 2.43. The van der Waals surface area contributed by atoms with E-state index in [1.54, 1.807) is 12.1 Å². The van der Waals surface area contributed by atoms with Crippen molar-refractivity contribution in [2.24, 2.45) is 5.73 Å². The molecule has 0 aliphatic carbocycles. The van der Waals surface area contributed by atoms with Crippen molar-refractivity contribution >= 4 is 27.5 Å². The maximum Gasteiger partial charge on any atom is 0.244 e. The van der Waals surface area contributed by atoms with E-state index in [-0.39, 0.29) is 12.5 Å². The number of ether oxygens (including phenoxy) is 1. The second kappa shape index (κ2) is 3.59. The van der Waals surface area contributed by atoms with Gasteiger partial charge in [-0.05, 0) is 18.2 Å². The first-order chi connectivity index (χ1) is 6.66. The van der Waals surface area contributed by atoms with Gasteiger partial charge in [0.2, 0.25) is 5.91 Å². The number of nitrogens with one attached hydrogen (secondary N) is 1. The Labute approximate surface area is 89.6 Å². The minimum Gasteiger partial charge on any atom is -0.489 e. The third-order valence-electron chi connectivity index (χ3n) is 1.96. The molecule has 14 heavy (non-hydrogen) atoms. The van der Waals surface area contributed by atoms with Gasteiger partial charge in [-0.15, -0.1) is 0 Å². The summed E-state index contributed by atoms with van der Waals surface area (Å²) in [5.74, 6) is 0.423. The van der Waals surface area contributed by atoms with Crippen LogP contribution in [-0.4, -0.2) is 18.6 Å². The zero-order valence-corrected chi connectivity index (χ0v) is 8.87. The number of fused-ring (bicyclic) bond motifs is 1. The lowest BCUT2D eigenvalue weighted by atomic mass is 10.3. The van der Waals surface area contributed by atoms with Crippen LogP contribution in [0.4, 0.5) is 5.69 Å². The Morgan fingerprint density at radius 1 is 1.57 bits per heavy atom. The summed E-state index contributed by atoms with van der Waals surface area (Å²) < 4.78 is 6.28. The Balaban J connectivity index is 2.37. The van der Waals surface area contributed by atoms with Crippen molar-refractivity contribution < 1.29 is 9.53 Å².